The Labute approximate surface area is 180 Å². The lowest BCUT2D eigenvalue weighted by Gasteiger charge is -2.30. The summed E-state index contributed by atoms with van der Waals surface area (Å²) in [6.45, 7) is 2.52. The van der Waals surface area contributed by atoms with Crippen molar-refractivity contribution in [1.29, 1.82) is 0 Å². The molecule has 1 aromatic heterocycles. The molecule has 6 nitrogen and oxygen atoms in total. The van der Waals surface area contributed by atoms with E-state index in [1.807, 2.05) is 37.3 Å². The maximum atomic E-state index is 12.9. The zero-order valence-electron chi connectivity index (χ0n) is 17.5. The first-order valence-corrected chi connectivity index (χ1v) is 10.7. The number of aromatic amines is 1. The van der Waals surface area contributed by atoms with E-state index in [2.05, 4.69) is 17.1 Å². The number of amides is 1. The molecule has 1 fully saturated rings. The van der Waals surface area contributed by atoms with Gasteiger partial charge in [-0.15, -0.1) is 0 Å². The molecule has 2 N–H and O–H groups in total. The second kappa shape index (κ2) is 7.46. The summed E-state index contributed by atoms with van der Waals surface area (Å²) in [6, 6.07) is 17.5. The molecule has 31 heavy (non-hydrogen) atoms. The van der Waals surface area contributed by atoms with Crippen LogP contribution in [0.3, 0.4) is 0 Å². The van der Waals surface area contributed by atoms with Gasteiger partial charge in [0.05, 0.1) is 23.2 Å². The molecule has 2 aliphatic rings. The third-order valence-corrected chi connectivity index (χ3v) is 6.50. The molecule has 1 aliphatic carbocycles. The first kappa shape index (κ1) is 19.7. The van der Waals surface area contributed by atoms with E-state index in [1.165, 1.54) is 5.56 Å². The Morgan fingerprint density at radius 1 is 1.16 bits per heavy atom. The monoisotopic (exact) mass is 415 g/mol. The highest BCUT2D eigenvalue weighted by atomic mass is 16.3. The molecular formula is C25H25N3O3. The van der Waals surface area contributed by atoms with Gasteiger partial charge in [-0.2, -0.15) is 0 Å². The quantitative estimate of drug-likeness (QED) is 0.686. The van der Waals surface area contributed by atoms with E-state index in [9.17, 15) is 14.7 Å². The summed E-state index contributed by atoms with van der Waals surface area (Å²) in [5.74, 6) is 0.338. The SMILES string of the molecule is Cc1cccc(C(O)C(=O)N2CCc3nc(C4(c5ccccc5)CC4)[nH]c(=O)c3C2)c1. The van der Waals surface area contributed by atoms with Crippen molar-refractivity contribution < 1.29 is 9.90 Å². The summed E-state index contributed by atoms with van der Waals surface area (Å²) >= 11 is 0. The van der Waals surface area contributed by atoms with Gasteiger partial charge in [0.2, 0.25) is 0 Å². The first-order chi connectivity index (χ1) is 15.0. The Morgan fingerprint density at radius 3 is 2.65 bits per heavy atom. The van der Waals surface area contributed by atoms with Crippen molar-refractivity contribution >= 4 is 5.91 Å². The van der Waals surface area contributed by atoms with Crippen molar-refractivity contribution in [1.82, 2.24) is 14.9 Å². The van der Waals surface area contributed by atoms with Crippen LogP contribution < -0.4 is 5.56 Å². The first-order valence-electron chi connectivity index (χ1n) is 10.7. The number of hydrogen-bond acceptors (Lipinski definition) is 4. The minimum absolute atomic E-state index is 0.165. The standard InChI is InChI=1S/C25H25N3O3/c1-16-6-5-7-17(14-16)21(29)23(31)28-13-10-20-19(15-28)22(30)27-24(26-20)25(11-12-25)18-8-3-2-4-9-18/h2-9,14,21,29H,10-13,15H2,1H3,(H,26,27,30). The summed E-state index contributed by atoms with van der Waals surface area (Å²) in [5.41, 5.74) is 3.60. The number of carbonyl (C=O) groups excluding carboxylic acids is 1. The van der Waals surface area contributed by atoms with E-state index in [0.29, 0.717) is 24.1 Å². The van der Waals surface area contributed by atoms with Gasteiger partial charge < -0.3 is 15.0 Å². The molecule has 2 aromatic carbocycles. The lowest BCUT2D eigenvalue weighted by molar-refractivity contribution is -0.141. The maximum Gasteiger partial charge on any atom is 0.256 e. The lowest BCUT2D eigenvalue weighted by Crippen LogP contribution is -2.42. The van der Waals surface area contributed by atoms with Gasteiger partial charge in [-0.1, -0.05) is 60.2 Å². The summed E-state index contributed by atoms with van der Waals surface area (Å²) in [7, 11) is 0. The van der Waals surface area contributed by atoms with Gasteiger partial charge >= 0.3 is 0 Å². The van der Waals surface area contributed by atoms with Gasteiger partial charge in [-0.3, -0.25) is 9.59 Å². The van der Waals surface area contributed by atoms with Crippen LogP contribution in [0.2, 0.25) is 0 Å². The number of benzene rings is 2. The smallest absolute Gasteiger partial charge is 0.256 e. The fourth-order valence-corrected chi connectivity index (χ4v) is 4.54. The number of H-pyrrole nitrogens is 1. The van der Waals surface area contributed by atoms with Crippen LogP contribution in [0.5, 0.6) is 0 Å². The molecule has 2 heterocycles. The Balaban J connectivity index is 1.40. The second-order valence-corrected chi connectivity index (χ2v) is 8.61. The number of carbonyl (C=O) groups is 1. The zero-order chi connectivity index (χ0) is 21.6. The minimum Gasteiger partial charge on any atom is -0.378 e. The third-order valence-electron chi connectivity index (χ3n) is 6.50. The van der Waals surface area contributed by atoms with Crippen molar-refractivity contribution in [2.75, 3.05) is 6.54 Å². The van der Waals surface area contributed by atoms with Crippen LogP contribution in [-0.4, -0.2) is 32.4 Å². The van der Waals surface area contributed by atoms with E-state index in [0.717, 1.165) is 29.9 Å². The topological polar surface area (TPSA) is 86.3 Å². The van der Waals surface area contributed by atoms with Crippen LogP contribution in [-0.2, 0) is 23.2 Å². The number of hydrogen-bond donors (Lipinski definition) is 2. The number of aromatic nitrogens is 2. The lowest BCUT2D eigenvalue weighted by atomic mass is 9.94. The van der Waals surface area contributed by atoms with E-state index in [-0.39, 0.29) is 23.4 Å². The van der Waals surface area contributed by atoms with Crippen LogP contribution in [0, 0.1) is 6.92 Å². The summed E-state index contributed by atoms with van der Waals surface area (Å²) in [5, 5.41) is 10.6. The predicted octanol–water partition coefficient (Wildman–Crippen LogP) is 2.78. The van der Waals surface area contributed by atoms with E-state index in [1.54, 1.807) is 17.0 Å². The Kier molecular flexibility index (Phi) is 4.74. The number of aliphatic hydroxyl groups excluding tert-OH is 1. The summed E-state index contributed by atoms with van der Waals surface area (Å²) < 4.78 is 0. The van der Waals surface area contributed by atoms with E-state index in [4.69, 9.17) is 4.98 Å². The highest BCUT2D eigenvalue weighted by Gasteiger charge is 2.48. The van der Waals surface area contributed by atoms with Crippen LogP contribution in [0.1, 0.15) is 52.7 Å². The van der Waals surface area contributed by atoms with Crippen molar-refractivity contribution in [3.63, 3.8) is 0 Å². The summed E-state index contributed by atoms with van der Waals surface area (Å²) in [6.07, 6.45) is 1.20. The molecule has 1 amide bonds. The van der Waals surface area contributed by atoms with Gasteiger partial charge in [0.1, 0.15) is 5.82 Å². The van der Waals surface area contributed by atoms with Crippen LogP contribution in [0.15, 0.2) is 59.4 Å². The predicted molar refractivity (Wildman–Crippen MR) is 117 cm³/mol. The largest absolute Gasteiger partial charge is 0.378 e. The second-order valence-electron chi connectivity index (χ2n) is 8.61. The maximum absolute atomic E-state index is 12.9. The molecule has 0 radical (unpaired) electrons. The molecule has 1 atom stereocenters. The Morgan fingerprint density at radius 2 is 1.94 bits per heavy atom. The zero-order valence-corrected chi connectivity index (χ0v) is 17.5. The molecule has 5 rings (SSSR count). The van der Waals surface area contributed by atoms with Crippen LogP contribution in [0.4, 0.5) is 0 Å². The van der Waals surface area contributed by atoms with E-state index < -0.39 is 6.10 Å². The van der Waals surface area contributed by atoms with Gasteiger partial charge in [0, 0.05) is 13.0 Å². The number of rotatable bonds is 4. The Bertz CT molecular complexity index is 1200. The third kappa shape index (κ3) is 3.47. The van der Waals surface area contributed by atoms with Crippen molar-refractivity contribution in [3.05, 3.63) is 98.7 Å². The molecule has 1 aliphatic heterocycles. The fourth-order valence-electron chi connectivity index (χ4n) is 4.54. The van der Waals surface area contributed by atoms with Crippen molar-refractivity contribution in [3.8, 4) is 0 Å². The van der Waals surface area contributed by atoms with Gasteiger partial charge in [0.15, 0.2) is 6.10 Å². The number of aliphatic hydroxyl groups is 1. The van der Waals surface area contributed by atoms with Crippen LogP contribution >= 0.6 is 0 Å². The molecule has 1 saturated carbocycles. The Hall–Kier alpha value is -3.25. The van der Waals surface area contributed by atoms with Gasteiger partial charge in [-0.05, 0) is 30.9 Å². The van der Waals surface area contributed by atoms with Gasteiger partial charge in [0.25, 0.3) is 11.5 Å². The molecule has 6 heteroatoms. The molecule has 3 aromatic rings. The molecular weight excluding hydrogens is 390 g/mol. The molecule has 1 unspecified atom stereocenters. The van der Waals surface area contributed by atoms with Gasteiger partial charge in [-0.25, -0.2) is 4.98 Å². The molecule has 158 valence electrons. The summed E-state index contributed by atoms with van der Waals surface area (Å²) in [4.78, 5) is 35.2. The minimum atomic E-state index is -1.24. The normalized spacial score (nSPS) is 17.7. The fraction of sp³-hybridized carbons (Fsp3) is 0.320. The average molecular weight is 415 g/mol. The van der Waals surface area contributed by atoms with Crippen molar-refractivity contribution in [2.24, 2.45) is 0 Å². The van der Waals surface area contributed by atoms with Crippen LogP contribution in [0.25, 0.3) is 0 Å². The van der Waals surface area contributed by atoms with Crippen molar-refractivity contribution in [2.45, 2.75) is 44.2 Å². The number of aryl methyl sites for hydroxylation is 1. The number of nitrogens with one attached hydrogen (secondary N) is 1. The number of fused-ring (bicyclic) bond motifs is 1. The highest BCUT2D eigenvalue weighted by molar-refractivity contribution is 5.82. The molecule has 0 bridgehead atoms. The average Bonchev–Trinajstić information content (AvgIpc) is 3.61. The molecule has 0 saturated heterocycles. The highest BCUT2D eigenvalue weighted by Crippen LogP contribution is 2.51. The molecule has 0 spiro atoms. The van der Waals surface area contributed by atoms with E-state index >= 15 is 0 Å². The number of nitrogens with zero attached hydrogens (tertiary/aromatic N) is 2.